The number of methoxy groups -OCH3 is 1. The molecule has 1 fully saturated rings. The molecular weight excluding hydrogens is 478 g/mol. The van der Waals surface area contributed by atoms with Crippen LogP contribution in [0, 0.1) is 0 Å². The molecule has 180 valence electrons. The van der Waals surface area contributed by atoms with E-state index >= 15 is 0 Å². The lowest BCUT2D eigenvalue weighted by atomic mass is 9.76. The Morgan fingerprint density at radius 2 is 2.06 bits per heavy atom. The highest BCUT2D eigenvalue weighted by Crippen LogP contribution is 2.38. The Balaban J connectivity index is 1.38. The molecule has 10 nitrogen and oxygen atoms in total. The number of ether oxygens (including phenoxy) is 1. The molecule has 3 aliphatic rings. The summed E-state index contributed by atoms with van der Waals surface area (Å²) in [6.45, 7) is 1.75. The molecule has 1 amide bonds. The Morgan fingerprint density at radius 3 is 2.71 bits per heavy atom. The molecule has 0 bridgehead atoms. The van der Waals surface area contributed by atoms with E-state index in [1.807, 2.05) is 0 Å². The van der Waals surface area contributed by atoms with Crippen molar-refractivity contribution in [2.75, 3.05) is 42.7 Å². The minimum Gasteiger partial charge on any atom is -0.453 e. The largest absolute Gasteiger partial charge is 0.453 e. The van der Waals surface area contributed by atoms with Crippen LogP contribution in [0.4, 0.5) is 16.6 Å². The third kappa shape index (κ3) is 4.58. The second kappa shape index (κ2) is 9.46. The van der Waals surface area contributed by atoms with Crippen LogP contribution in [0.3, 0.4) is 0 Å². The molecule has 5 rings (SSSR count). The third-order valence-electron chi connectivity index (χ3n) is 6.53. The molecule has 2 aromatic heterocycles. The van der Waals surface area contributed by atoms with Gasteiger partial charge in [0.05, 0.1) is 34.2 Å². The van der Waals surface area contributed by atoms with Crippen molar-refractivity contribution in [3.63, 3.8) is 0 Å². The summed E-state index contributed by atoms with van der Waals surface area (Å²) in [6, 6.07) is 0. The quantitative estimate of drug-likeness (QED) is 0.612. The molecule has 0 saturated heterocycles. The highest BCUT2D eigenvalue weighted by atomic mass is 35.5. The van der Waals surface area contributed by atoms with E-state index in [-0.39, 0.29) is 5.54 Å². The number of aromatic nitrogens is 4. The summed E-state index contributed by atoms with van der Waals surface area (Å²) in [4.78, 5) is 32.7. The highest BCUT2D eigenvalue weighted by Gasteiger charge is 2.40. The van der Waals surface area contributed by atoms with Crippen molar-refractivity contribution in [2.24, 2.45) is 0 Å². The molecular formula is C22H26ClN7O3S. The summed E-state index contributed by atoms with van der Waals surface area (Å²) in [5, 5.41) is 6.84. The van der Waals surface area contributed by atoms with Crippen LogP contribution in [0.1, 0.15) is 37.2 Å². The van der Waals surface area contributed by atoms with Gasteiger partial charge in [0.1, 0.15) is 10.7 Å². The van der Waals surface area contributed by atoms with Gasteiger partial charge in [-0.3, -0.25) is 4.21 Å². The number of carbonyl (C=O) groups is 1. The second-order valence-electron chi connectivity index (χ2n) is 8.70. The number of nitrogens with one attached hydrogen (secondary N) is 2. The highest BCUT2D eigenvalue weighted by molar-refractivity contribution is 7.85. The molecule has 4 heterocycles. The van der Waals surface area contributed by atoms with Crippen LogP contribution in [-0.4, -0.2) is 68.3 Å². The fourth-order valence-corrected chi connectivity index (χ4v) is 5.86. The predicted molar refractivity (Wildman–Crippen MR) is 129 cm³/mol. The van der Waals surface area contributed by atoms with E-state index < -0.39 is 16.9 Å². The van der Waals surface area contributed by atoms with Gasteiger partial charge in [0.25, 0.3) is 0 Å². The standard InChI is InChI=1S/C22H26ClN7O3S/c1-33-21(31)26-13-22(6-2-7-22)29-19-17-16(5-10-34(17)32)27-20(28-19)30-8-3-14(4-9-30)18-24-11-15(23)12-25-18/h3,11-12H,2,4-10,13H2,1H3,(H,26,31)(H,27,28,29)/t34-/m0/s1. The fraction of sp³-hybridized carbons (Fsp3) is 0.500. The summed E-state index contributed by atoms with van der Waals surface area (Å²) >= 11 is 5.90. The van der Waals surface area contributed by atoms with Gasteiger partial charge in [-0.25, -0.2) is 19.7 Å². The molecule has 0 radical (unpaired) electrons. The van der Waals surface area contributed by atoms with E-state index in [1.165, 1.54) is 7.11 Å². The van der Waals surface area contributed by atoms with E-state index in [1.54, 1.807) is 12.4 Å². The maximum Gasteiger partial charge on any atom is 0.406 e. The van der Waals surface area contributed by atoms with Crippen LogP contribution in [0.25, 0.3) is 5.57 Å². The summed E-state index contributed by atoms with van der Waals surface area (Å²) < 4.78 is 17.5. The van der Waals surface area contributed by atoms with Crippen molar-refractivity contribution >= 4 is 45.8 Å². The van der Waals surface area contributed by atoms with Crippen LogP contribution < -0.4 is 15.5 Å². The molecule has 2 aromatic rings. The third-order valence-corrected chi connectivity index (χ3v) is 8.18. The maximum absolute atomic E-state index is 12.8. The van der Waals surface area contributed by atoms with Gasteiger partial charge in [-0.1, -0.05) is 17.7 Å². The Hall–Kier alpha value is -2.79. The first-order valence-corrected chi connectivity index (χ1v) is 13.0. The van der Waals surface area contributed by atoms with E-state index in [0.717, 1.165) is 37.0 Å². The number of aryl methyl sites for hydroxylation is 1. The summed E-state index contributed by atoms with van der Waals surface area (Å²) in [5.41, 5.74) is 1.56. The van der Waals surface area contributed by atoms with Crippen LogP contribution in [0.2, 0.25) is 5.02 Å². The van der Waals surface area contributed by atoms with Crippen molar-refractivity contribution in [1.29, 1.82) is 0 Å². The monoisotopic (exact) mass is 503 g/mol. The zero-order valence-electron chi connectivity index (χ0n) is 18.8. The number of fused-ring (bicyclic) bond motifs is 1. The molecule has 1 aliphatic carbocycles. The SMILES string of the molecule is COC(=O)NCC1(Nc2nc(N3CC=C(c4ncc(Cl)cn4)CC3)nc3c2[S@@](=O)CC3)CCC1. The first-order valence-electron chi connectivity index (χ1n) is 11.3. The lowest BCUT2D eigenvalue weighted by Gasteiger charge is -2.43. The number of hydrogen-bond acceptors (Lipinski definition) is 9. The van der Waals surface area contributed by atoms with Crippen molar-refractivity contribution in [3.8, 4) is 0 Å². The molecule has 0 aromatic carbocycles. The van der Waals surface area contributed by atoms with E-state index in [9.17, 15) is 9.00 Å². The van der Waals surface area contributed by atoms with Crippen molar-refractivity contribution in [2.45, 2.75) is 42.5 Å². The molecule has 0 spiro atoms. The number of halogens is 1. The van der Waals surface area contributed by atoms with Crippen molar-refractivity contribution < 1.29 is 13.7 Å². The van der Waals surface area contributed by atoms with Crippen molar-refractivity contribution in [3.05, 3.63) is 35.0 Å². The molecule has 34 heavy (non-hydrogen) atoms. The smallest absolute Gasteiger partial charge is 0.406 e. The van der Waals surface area contributed by atoms with Crippen molar-refractivity contribution in [1.82, 2.24) is 25.3 Å². The van der Waals surface area contributed by atoms with Crippen LogP contribution in [-0.2, 0) is 22.0 Å². The molecule has 1 atom stereocenters. The van der Waals surface area contributed by atoms with Gasteiger partial charge in [-0.05, 0) is 31.3 Å². The lowest BCUT2D eigenvalue weighted by molar-refractivity contribution is 0.163. The number of nitrogens with zero attached hydrogens (tertiary/aromatic N) is 5. The Bertz CT molecular complexity index is 1150. The number of carbonyl (C=O) groups excluding carboxylic acids is 1. The average molecular weight is 504 g/mol. The first-order chi connectivity index (χ1) is 16.5. The normalized spacial score (nSPS) is 20.7. The topological polar surface area (TPSA) is 122 Å². The minimum atomic E-state index is -1.14. The number of hydrogen-bond donors (Lipinski definition) is 2. The lowest BCUT2D eigenvalue weighted by Crippen LogP contribution is -2.54. The average Bonchev–Trinajstić information content (AvgIpc) is 3.21. The Kier molecular flexibility index (Phi) is 6.39. The molecule has 0 unspecified atom stereocenters. The van der Waals surface area contributed by atoms with E-state index in [2.05, 4.69) is 31.6 Å². The zero-order valence-corrected chi connectivity index (χ0v) is 20.4. The number of rotatable bonds is 6. The van der Waals surface area contributed by atoms with Crippen LogP contribution in [0.5, 0.6) is 0 Å². The fourth-order valence-electron chi connectivity index (χ4n) is 4.46. The van der Waals surface area contributed by atoms with Gasteiger partial charge >= 0.3 is 6.09 Å². The van der Waals surface area contributed by atoms with Gasteiger partial charge in [0, 0.05) is 44.2 Å². The zero-order chi connectivity index (χ0) is 23.7. The van der Waals surface area contributed by atoms with E-state index in [0.29, 0.717) is 59.3 Å². The first kappa shape index (κ1) is 23.0. The van der Waals surface area contributed by atoms with Gasteiger partial charge < -0.3 is 20.3 Å². The summed E-state index contributed by atoms with van der Waals surface area (Å²) in [5.74, 6) is 2.45. The van der Waals surface area contributed by atoms with Gasteiger partial charge in [-0.2, -0.15) is 4.98 Å². The predicted octanol–water partition coefficient (Wildman–Crippen LogP) is 2.57. The number of alkyl carbamates (subject to hydrolysis) is 1. The number of amides is 1. The summed E-state index contributed by atoms with van der Waals surface area (Å²) in [7, 11) is 0.208. The van der Waals surface area contributed by atoms with E-state index in [4.69, 9.17) is 26.3 Å². The van der Waals surface area contributed by atoms with Gasteiger partial charge in [0.2, 0.25) is 5.95 Å². The second-order valence-corrected chi connectivity index (χ2v) is 10.6. The van der Waals surface area contributed by atoms with Gasteiger partial charge in [-0.15, -0.1) is 0 Å². The summed E-state index contributed by atoms with van der Waals surface area (Å²) in [6.07, 6.45) is 9.05. The van der Waals surface area contributed by atoms with Crippen LogP contribution in [0.15, 0.2) is 23.4 Å². The molecule has 2 N–H and O–H groups in total. The number of anilines is 2. The van der Waals surface area contributed by atoms with Gasteiger partial charge in [0.15, 0.2) is 5.82 Å². The molecule has 2 aliphatic heterocycles. The Morgan fingerprint density at radius 1 is 1.26 bits per heavy atom. The minimum absolute atomic E-state index is 0.332. The maximum atomic E-state index is 12.8. The molecule has 1 saturated carbocycles. The Labute approximate surface area is 205 Å². The molecule has 12 heteroatoms. The van der Waals surface area contributed by atoms with Crippen LogP contribution >= 0.6 is 11.6 Å².